The molecule has 0 aliphatic rings. The minimum absolute atomic E-state index is 0.488. The summed E-state index contributed by atoms with van der Waals surface area (Å²) in [5.74, 6) is 0.830. The zero-order valence-corrected chi connectivity index (χ0v) is 10.9. The second kappa shape index (κ2) is 6.79. The van der Waals surface area contributed by atoms with Crippen LogP contribution in [0.3, 0.4) is 0 Å². The quantitative estimate of drug-likeness (QED) is 0.873. The van der Waals surface area contributed by atoms with E-state index in [1.807, 2.05) is 32.2 Å². The van der Waals surface area contributed by atoms with E-state index < -0.39 is 0 Å². The van der Waals surface area contributed by atoms with E-state index in [4.69, 9.17) is 27.9 Å². The molecule has 1 aromatic rings. The maximum Gasteiger partial charge on any atom is 0.124 e. The number of rotatable bonds is 5. The first kappa shape index (κ1) is 13.4. The summed E-state index contributed by atoms with van der Waals surface area (Å²) in [5, 5.41) is 3.78. The van der Waals surface area contributed by atoms with Crippen LogP contribution in [0.2, 0.25) is 5.02 Å². The van der Waals surface area contributed by atoms with E-state index in [0.29, 0.717) is 11.6 Å². The normalized spacial score (nSPS) is 11.6. The highest BCUT2D eigenvalue weighted by Crippen LogP contribution is 2.23. The minimum Gasteiger partial charge on any atom is -0.489 e. The van der Waals surface area contributed by atoms with Gasteiger partial charge in [0.15, 0.2) is 0 Å². The fourth-order valence-corrected chi connectivity index (χ4v) is 1.50. The molecule has 0 heterocycles. The summed E-state index contributed by atoms with van der Waals surface area (Å²) in [6.07, 6.45) is 0. The summed E-state index contributed by atoms with van der Waals surface area (Å²) in [6.45, 7) is 3.13. The number of benzene rings is 1. The monoisotopic (exact) mass is 259 g/mol. The Bertz CT molecular complexity index is 377. The maximum absolute atomic E-state index is 5.93. The zero-order chi connectivity index (χ0) is 12.0. The Kier molecular flexibility index (Phi) is 5.67. The lowest BCUT2D eigenvalue weighted by atomic mass is 10.2. The molecule has 1 N–H and O–H groups in total. The molecule has 0 aromatic heterocycles. The average Bonchev–Trinajstić information content (AvgIpc) is 2.28. The van der Waals surface area contributed by atoms with E-state index in [0.717, 1.165) is 23.4 Å². The molecule has 0 fully saturated rings. The molecule has 0 radical (unpaired) electrons. The van der Waals surface area contributed by atoms with Crippen LogP contribution >= 0.6 is 23.2 Å². The molecular formula is C12H15Cl2NO. The number of ether oxygens (including phenoxy) is 1. The third kappa shape index (κ3) is 4.05. The van der Waals surface area contributed by atoms with Gasteiger partial charge in [-0.05, 0) is 37.7 Å². The van der Waals surface area contributed by atoms with Crippen molar-refractivity contribution in [3.63, 3.8) is 0 Å². The third-order valence-electron chi connectivity index (χ3n) is 2.03. The van der Waals surface area contributed by atoms with E-state index in [9.17, 15) is 0 Å². The Labute approximate surface area is 106 Å². The Balaban J connectivity index is 2.77. The van der Waals surface area contributed by atoms with Crippen LogP contribution in [0.25, 0.3) is 0 Å². The molecule has 0 unspecified atom stereocenters. The van der Waals surface area contributed by atoms with Crippen molar-refractivity contribution in [3.05, 3.63) is 39.9 Å². The highest BCUT2D eigenvalue weighted by Gasteiger charge is 2.04. The SMILES string of the molecule is CNCc1cc(Cl)ccc1OC/C(C)=C/Cl. The maximum atomic E-state index is 5.93. The van der Waals surface area contributed by atoms with Crippen molar-refractivity contribution in [1.82, 2.24) is 5.32 Å². The molecule has 1 aromatic carbocycles. The Hall–Kier alpha value is -0.700. The fourth-order valence-electron chi connectivity index (χ4n) is 1.24. The van der Waals surface area contributed by atoms with E-state index in [1.165, 1.54) is 5.54 Å². The van der Waals surface area contributed by atoms with Gasteiger partial charge in [0.2, 0.25) is 0 Å². The van der Waals surface area contributed by atoms with Crippen molar-refractivity contribution >= 4 is 23.2 Å². The van der Waals surface area contributed by atoms with Crippen LogP contribution < -0.4 is 10.1 Å². The van der Waals surface area contributed by atoms with Crippen LogP contribution in [0.4, 0.5) is 0 Å². The lowest BCUT2D eigenvalue weighted by molar-refractivity contribution is 0.348. The molecule has 4 heteroatoms. The van der Waals surface area contributed by atoms with Gasteiger partial charge in [0.25, 0.3) is 0 Å². The van der Waals surface area contributed by atoms with E-state index >= 15 is 0 Å². The molecule has 2 nitrogen and oxygen atoms in total. The van der Waals surface area contributed by atoms with Crippen LogP contribution in [0.1, 0.15) is 12.5 Å². The first-order valence-electron chi connectivity index (χ1n) is 4.99. The van der Waals surface area contributed by atoms with Gasteiger partial charge < -0.3 is 10.1 Å². The molecule has 88 valence electrons. The Morgan fingerprint density at radius 2 is 2.25 bits per heavy atom. The largest absolute Gasteiger partial charge is 0.489 e. The van der Waals surface area contributed by atoms with Crippen LogP contribution in [0.5, 0.6) is 5.75 Å². The lowest BCUT2D eigenvalue weighted by Gasteiger charge is -2.11. The molecule has 0 amide bonds. The van der Waals surface area contributed by atoms with Crippen molar-refractivity contribution in [2.75, 3.05) is 13.7 Å². The van der Waals surface area contributed by atoms with Gasteiger partial charge in [0.05, 0.1) is 0 Å². The highest BCUT2D eigenvalue weighted by molar-refractivity contribution is 6.30. The topological polar surface area (TPSA) is 21.3 Å². The molecule has 0 bridgehead atoms. The Morgan fingerprint density at radius 1 is 1.50 bits per heavy atom. The number of hydrogen-bond donors (Lipinski definition) is 1. The first-order valence-corrected chi connectivity index (χ1v) is 5.80. The molecular weight excluding hydrogens is 245 g/mol. The molecule has 0 saturated carbocycles. The van der Waals surface area contributed by atoms with Crippen LogP contribution in [-0.4, -0.2) is 13.7 Å². The van der Waals surface area contributed by atoms with Crippen molar-refractivity contribution < 1.29 is 4.74 Å². The van der Waals surface area contributed by atoms with E-state index in [1.54, 1.807) is 0 Å². The number of halogens is 2. The smallest absolute Gasteiger partial charge is 0.124 e. The van der Waals surface area contributed by atoms with Crippen LogP contribution in [-0.2, 0) is 6.54 Å². The number of hydrogen-bond acceptors (Lipinski definition) is 2. The van der Waals surface area contributed by atoms with Gasteiger partial charge in [-0.25, -0.2) is 0 Å². The van der Waals surface area contributed by atoms with Gasteiger partial charge in [0, 0.05) is 22.7 Å². The highest BCUT2D eigenvalue weighted by atomic mass is 35.5. The summed E-state index contributed by atoms with van der Waals surface area (Å²) < 4.78 is 5.65. The summed E-state index contributed by atoms with van der Waals surface area (Å²) in [7, 11) is 1.88. The third-order valence-corrected chi connectivity index (χ3v) is 2.64. The predicted octanol–water partition coefficient (Wildman–Crippen LogP) is 3.58. The molecule has 0 aliphatic heterocycles. The van der Waals surface area contributed by atoms with Crippen molar-refractivity contribution in [1.29, 1.82) is 0 Å². The minimum atomic E-state index is 0.488. The summed E-state index contributed by atoms with van der Waals surface area (Å²) in [6, 6.07) is 5.58. The molecule has 1 rings (SSSR count). The second-order valence-electron chi connectivity index (χ2n) is 3.53. The lowest BCUT2D eigenvalue weighted by Crippen LogP contribution is -2.08. The standard InChI is InChI=1S/C12H15Cl2NO/c1-9(6-13)8-16-12-4-3-11(14)5-10(12)7-15-2/h3-6,15H,7-8H2,1-2H3/b9-6+. The van der Waals surface area contributed by atoms with Gasteiger partial charge in [-0.3, -0.25) is 0 Å². The summed E-state index contributed by atoms with van der Waals surface area (Å²) >= 11 is 11.5. The first-order chi connectivity index (χ1) is 7.67. The molecule has 16 heavy (non-hydrogen) atoms. The average molecular weight is 260 g/mol. The summed E-state index contributed by atoms with van der Waals surface area (Å²) in [4.78, 5) is 0. The predicted molar refractivity (Wildman–Crippen MR) is 69.3 cm³/mol. The molecule has 0 spiro atoms. The summed E-state index contributed by atoms with van der Waals surface area (Å²) in [5.41, 5.74) is 3.54. The van der Waals surface area contributed by atoms with Gasteiger partial charge in [-0.2, -0.15) is 0 Å². The second-order valence-corrected chi connectivity index (χ2v) is 4.18. The molecule has 0 saturated heterocycles. The van der Waals surface area contributed by atoms with Crippen molar-refractivity contribution in [2.24, 2.45) is 0 Å². The van der Waals surface area contributed by atoms with E-state index in [-0.39, 0.29) is 0 Å². The van der Waals surface area contributed by atoms with Gasteiger partial charge in [-0.15, -0.1) is 0 Å². The van der Waals surface area contributed by atoms with Gasteiger partial charge >= 0.3 is 0 Å². The van der Waals surface area contributed by atoms with Gasteiger partial charge in [0.1, 0.15) is 12.4 Å². The zero-order valence-electron chi connectivity index (χ0n) is 9.39. The van der Waals surface area contributed by atoms with Crippen LogP contribution in [0, 0.1) is 0 Å². The van der Waals surface area contributed by atoms with Crippen molar-refractivity contribution in [2.45, 2.75) is 13.5 Å². The van der Waals surface area contributed by atoms with Crippen molar-refractivity contribution in [3.8, 4) is 5.75 Å². The van der Waals surface area contributed by atoms with E-state index in [2.05, 4.69) is 5.32 Å². The Morgan fingerprint density at radius 3 is 2.88 bits per heavy atom. The molecule has 0 atom stereocenters. The number of nitrogens with one attached hydrogen (secondary N) is 1. The van der Waals surface area contributed by atoms with Gasteiger partial charge in [-0.1, -0.05) is 23.2 Å². The van der Waals surface area contributed by atoms with Crippen LogP contribution in [0.15, 0.2) is 29.3 Å². The molecule has 0 aliphatic carbocycles. The fraction of sp³-hybridized carbons (Fsp3) is 0.333.